The molecule has 1 unspecified atom stereocenters. The molecule has 1 amide bonds. The van der Waals surface area contributed by atoms with Gasteiger partial charge in [0.1, 0.15) is 0 Å². The van der Waals surface area contributed by atoms with Crippen molar-refractivity contribution in [3.05, 3.63) is 34.7 Å². The quantitative estimate of drug-likeness (QED) is 0.917. The number of likely N-dealkylation sites (tertiary alicyclic amines) is 1. The summed E-state index contributed by atoms with van der Waals surface area (Å²) in [6.45, 7) is 1.71. The highest BCUT2D eigenvalue weighted by molar-refractivity contribution is 5.78. The van der Waals surface area contributed by atoms with E-state index in [1.165, 1.54) is 0 Å². The lowest BCUT2D eigenvalue weighted by molar-refractivity contribution is -0.134. The van der Waals surface area contributed by atoms with Crippen LogP contribution in [-0.4, -0.2) is 39.1 Å². The van der Waals surface area contributed by atoms with E-state index in [4.69, 9.17) is 5.73 Å². The molecular weight excluding hydrogens is 292 g/mol. The van der Waals surface area contributed by atoms with Gasteiger partial charge < -0.3 is 10.6 Å². The summed E-state index contributed by atoms with van der Waals surface area (Å²) in [6.07, 6.45) is 3.49. The van der Waals surface area contributed by atoms with Gasteiger partial charge in [-0.25, -0.2) is 4.79 Å². The molecule has 124 valence electrons. The van der Waals surface area contributed by atoms with Crippen LogP contribution in [0.4, 0.5) is 0 Å². The van der Waals surface area contributed by atoms with Gasteiger partial charge in [0.25, 0.3) is 0 Å². The number of aromatic nitrogens is 2. The van der Waals surface area contributed by atoms with E-state index in [-0.39, 0.29) is 17.6 Å². The number of nitrogens with two attached hydrogens (primary N) is 1. The van der Waals surface area contributed by atoms with Crippen molar-refractivity contribution in [2.24, 2.45) is 12.8 Å². The van der Waals surface area contributed by atoms with E-state index in [2.05, 4.69) is 0 Å². The first-order valence-electron chi connectivity index (χ1n) is 8.27. The molecule has 3 rings (SSSR count). The third-order valence-electron chi connectivity index (χ3n) is 4.82. The average molecular weight is 316 g/mol. The number of imidazole rings is 1. The summed E-state index contributed by atoms with van der Waals surface area (Å²) in [5.74, 6) is 0.0972. The number of rotatable bonds is 4. The van der Waals surface area contributed by atoms with Crippen molar-refractivity contribution in [2.75, 3.05) is 13.1 Å². The molecule has 1 saturated heterocycles. The number of aryl methyl sites for hydroxylation is 2. The molecule has 0 aliphatic carbocycles. The van der Waals surface area contributed by atoms with Crippen LogP contribution in [0.15, 0.2) is 29.1 Å². The molecule has 0 radical (unpaired) electrons. The van der Waals surface area contributed by atoms with Crippen molar-refractivity contribution in [3.8, 4) is 0 Å². The molecule has 1 aromatic carbocycles. The number of hydrogen-bond acceptors (Lipinski definition) is 3. The molecule has 1 aliphatic rings. The van der Waals surface area contributed by atoms with E-state index in [0.717, 1.165) is 36.8 Å². The molecule has 23 heavy (non-hydrogen) atoms. The van der Waals surface area contributed by atoms with Gasteiger partial charge in [0, 0.05) is 39.1 Å². The Morgan fingerprint density at radius 1 is 1.26 bits per heavy atom. The van der Waals surface area contributed by atoms with Gasteiger partial charge in [0.2, 0.25) is 5.91 Å². The number of para-hydroxylation sites is 2. The monoisotopic (exact) mass is 316 g/mol. The summed E-state index contributed by atoms with van der Waals surface area (Å²) in [5, 5.41) is 0. The Labute approximate surface area is 135 Å². The Balaban J connectivity index is 1.77. The predicted molar refractivity (Wildman–Crippen MR) is 90.2 cm³/mol. The standard InChI is InChI=1S/C17H24N4O2/c1-19-14-7-2-3-8-15(14)21(17(19)23)11-9-16(22)20-10-5-4-6-13(20)12-18/h2-3,7-8,13H,4-6,9-12,18H2,1H3. The second-order valence-corrected chi connectivity index (χ2v) is 6.20. The largest absolute Gasteiger partial charge is 0.338 e. The van der Waals surface area contributed by atoms with E-state index in [9.17, 15) is 9.59 Å². The van der Waals surface area contributed by atoms with Crippen LogP contribution in [0.1, 0.15) is 25.7 Å². The molecule has 6 heteroatoms. The molecule has 1 atom stereocenters. The van der Waals surface area contributed by atoms with Crippen molar-refractivity contribution in [1.29, 1.82) is 0 Å². The molecule has 2 N–H and O–H groups in total. The maximum Gasteiger partial charge on any atom is 0.328 e. The van der Waals surface area contributed by atoms with Crippen LogP contribution in [0.5, 0.6) is 0 Å². The van der Waals surface area contributed by atoms with Crippen molar-refractivity contribution >= 4 is 16.9 Å². The summed E-state index contributed by atoms with van der Waals surface area (Å²) in [4.78, 5) is 26.8. The third-order valence-corrected chi connectivity index (χ3v) is 4.82. The summed E-state index contributed by atoms with van der Waals surface area (Å²) in [5.41, 5.74) is 7.48. The molecule has 1 fully saturated rings. The molecule has 6 nitrogen and oxygen atoms in total. The van der Waals surface area contributed by atoms with Crippen LogP contribution >= 0.6 is 0 Å². The third kappa shape index (κ3) is 2.91. The Kier molecular flexibility index (Phi) is 4.52. The fourth-order valence-electron chi connectivity index (χ4n) is 3.50. The van der Waals surface area contributed by atoms with Gasteiger partial charge in [-0.1, -0.05) is 12.1 Å². The highest BCUT2D eigenvalue weighted by atomic mass is 16.2. The van der Waals surface area contributed by atoms with Crippen LogP contribution in [0.3, 0.4) is 0 Å². The highest BCUT2D eigenvalue weighted by Gasteiger charge is 2.25. The van der Waals surface area contributed by atoms with Crippen LogP contribution < -0.4 is 11.4 Å². The van der Waals surface area contributed by atoms with E-state index in [1.54, 1.807) is 16.2 Å². The summed E-state index contributed by atoms with van der Waals surface area (Å²) >= 11 is 0. The lowest BCUT2D eigenvalue weighted by Crippen LogP contribution is -2.47. The smallest absolute Gasteiger partial charge is 0.328 e. The zero-order valence-corrected chi connectivity index (χ0v) is 13.6. The molecular formula is C17H24N4O2. The van der Waals surface area contributed by atoms with E-state index in [1.807, 2.05) is 29.2 Å². The Morgan fingerprint density at radius 2 is 2.00 bits per heavy atom. The number of fused-ring (bicyclic) bond motifs is 1. The second-order valence-electron chi connectivity index (χ2n) is 6.20. The molecule has 2 heterocycles. The van der Waals surface area contributed by atoms with E-state index in [0.29, 0.717) is 19.5 Å². The Morgan fingerprint density at radius 3 is 2.74 bits per heavy atom. The number of benzene rings is 1. The molecule has 1 aromatic heterocycles. The van der Waals surface area contributed by atoms with Crippen molar-refractivity contribution in [2.45, 2.75) is 38.3 Å². The fourth-order valence-corrected chi connectivity index (χ4v) is 3.50. The minimum Gasteiger partial charge on any atom is -0.338 e. The first kappa shape index (κ1) is 15.8. The maximum atomic E-state index is 12.5. The van der Waals surface area contributed by atoms with Gasteiger partial charge in [0.15, 0.2) is 0 Å². The minimum absolute atomic E-state index is 0.0759. The van der Waals surface area contributed by atoms with Gasteiger partial charge in [-0.3, -0.25) is 13.9 Å². The summed E-state index contributed by atoms with van der Waals surface area (Å²) in [6, 6.07) is 7.82. The van der Waals surface area contributed by atoms with Gasteiger partial charge >= 0.3 is 5.69 Å². The van der Waals surface area contributed by atoms with Crippen LogP contribution in [0, 0.1) is 0 Å². The Hall–Kier alpha value is -2.08. The van der Waals surface area contributed by atoms with Crippen LogP contribution in [0.2, 0.25) is 0 Å². The second kappa shape index (κ2) is 6.58. The fraction of sp³-hybridized carbons (Fsp3) is 0.529. The van der Waals surface area contributed by atoms with Crippen molar-refractivity contribution in [1.82, 2.24) is 14.0 Å². The highest BCUT2D eigenvalue weighted by Crippen LogP contribution is 2.18. The molecule has 0 bridgehead atoms. The number of carbonyl (C=O) groups excluding carboxylic acids is 1. The van der Waals surface area contributed by atoms with Gasteiger partial charge in [-0.2, -0.15) is 0 Å². The number of amides is 1. The summed E-state index contributed by atoms with van der Waals surface area (Å²) in [7, 11) is 1.76. The van der Waals surface area contributed by atoms with Crippen molar-refractivity contribution < 1.29 is 4.79 Å². The van der Waals surface area contributed by atoms with Crippen LogP contribution in [0.25, 0.3) is 11.0 Å². The normalized spacial score (nSPS) is 18.5. The predicted octanol–water partition coefficient (Wildman–Crippen LogP) is 1.07. The first-order valence-corrected chi connectivity index (χ1v) is 8.27. The Bertz CT molecular complexity index is 762. The zero-order valence-electron chi connectivity index (χ0n) is 13.6. The number of nitrogens with zero attached hydrogens (tertiary/aromatic N) is 3. The number of piperidine rings is 1. The molecule has 1 aliphatic heterocycles. The zero-order chi connectivity index (χ0) is 16.4. The lowest BCUT2D eigenvalue weighted by atomic mass is 10.0. The molecule has 0 saturated carbocycles. The van der Waals surface area contributed by atoms with E-state index < -0.39 is 0 Å². The SMILES string of the molecule is Cn1c(=O)n(CCC(=O)N2CCCCC2CN)c2ccccc21. The van der Waals surface area contributed by atoms with Gasteiger partial charge in [-0.05, 0) is 31.4 Å². The van der Waals surface area contributed by atoms with E-state index >= 15 is 0 Å². The van der Waals surface area contributed by atoms with Crippen LogP contribution in [-0.2, 0) is 18.4 Å². The van der Waals surface area contributed by atoms with Crippen molar-refractivity contribution in [3.63, 3.8) is 0 Å². The van der Waals surface area contributed by atoms with Gasteiger partial charge in [0.05, 0.1) is 11.0 Å². The number of carbonyl (C=O) groups is 1. The number of hydrogen-bond donors (Lipinski definition) is 1. The summed E-state index contributed by atoms with van der Waals surface area (Å²) < 4.78 is 3.32. The molecule has 2 aromatic rings. The first-order chi connectivity index (χ1) is 11.1. The lowest BCUT2D eigenvalue weighted by Gasteiger charge is -2.35. The average Bonchev–Trinajstić information content (AvgIpc) is 2.84. The minimum atomic E-state index is -0.0759. The van der Waals surface area contributed by atoms with Gasteiger partial charge in [-0.15, -0.1) is 0 Å². The topological polar surface area (TPSA) is 73.3 Å². The maximum absolute atomic E-state index is 12.5. The molecule has 0 spiro atoms.